The SMILES string of the molecule is CCNC(=NCc1ccccc1Cl)NCCc1nc(-c2ccco2)n[nH]1.I. The monoisotopic (exact) mass is 500 g/mol. The Balaban J connectivity index is 0.00000261. The lowest BCUT2D eigenvalue weighted by Crippen LogP contribution is -2.38. The van der Waals surface area contributed by atoms with E-state index in [9.17, 15) is 0 Å². The van der Waals surface area contributed by atoms with Crippen LogP contribution in [-0.2, 0) is 13.0 Å². The lowest BCUT2D eigenvalue weighted by molar-refractivity contribution is 0.577. The highest BCUT2D eigenvalue weighted by molar-refractivity contribution is 14.0. The fourth-order valence-corrected chi connectivity index (χ4v) is 2.55. The number of benzene rings is 1. The number of nitrogens with zero attached hydrogens (tertiary/aromatic N) is 3. The first-order chi connectivity index (χ1) is 12.8. The summed E-state index contributed by atoms with van der Waals surface area (Å²) in [6.45, 7) is 3.99. The van der Waals surface area contributed by atoms with Crippen molar-refractivity contribution in [3.8, 4) is 11.6 Å². The molecule has 2 aromatic heterocycles. The van der Waals surface area contributed by atoms with Gasteiger partial charge in [-0.2, -0.15) is 5.10 Å². The second-order valence-electron chi connectivity index (χ2n) is 5.55. The van der Waals surface area contributed by atoms with Gasteiger partial charge in [0, 0.05) is 24.5 Å². The Kier molecular flexibility index (Phi) is 8.59. The van der Waals surface area contributed by atoms with Crippen LogP contribution in [0.25, 0.3) is 11.6 Å². The second kappa shape index (κ2) is 10.9. The molecule has 0 bridgehead atoms. The van der Waals surface area contributed by atoms with Gasteiger partial charge in [-0.3, -0.25) is 5.10 Å². The number of nitrogens with one attached hydrogen (secondary N) is 3. The first-order valence-electron chi connectivity index (χ1n) is 8.47. The molecule has 0 saturated heterocycles. The molecule has 1 aromatic carbocycles. The van der Waals surface area contributed by atoms with Crippen molar-refractivity contribution in [2.75, 3.05) is 13.1 Å². The van der Waals surface area contributed by atoms with Crippen molar-refractivity contribution in [1.29, 1.82) is 0 Å². The number of aliphatic imine (C=N–C) groups is 1. The minimum atomic E-state index is 0. The molecule has 0 atom stereocenters. The molecule has 0 aliphatic heterocycles. The number of halogens is 2. The Morgan fingerprint density at radius 3 is 2.81 bits per heavy atom. The Labute approximate surface area is 180 Å². The predicted molar refractivity (Wildman–Crippen MR) is 117 cm³/mol. The van der Waals surface area contributed by atoms with Gasteiger partial charge in [0.25, 0.3) is 0 Å². The van der Waals surface area contributed by atoms with Gasteiger partial charge in [0.05, 0.1) is 12.8 Å². The fraction of sp³-hybridized carbons (Fsp3) is 0.278. The van der Waals surface area contributed by atoms with Crippen molar-refractivity contribution in [2.45, 2.75) is 19.9 Å². The van der Waals surface area contributed by atoms with Crippen molar-refractivity contribution < 1.29 is 4.42 Å². The summed E-state index contributed by atoms with van der Waals surface area (Å²) in [5.41, 5.74) is 0.990. The van der Waals surface area contributed by atoms with Gasteiger partial charge in [-0.25, -0.2) is 9.98 Å². The quantitative estimate of drug-likeness (QED) is 0.262. The molecule has 3 N–H and O–H groups in total. The van der Waals surface area contributed by atoms with Crippen molar-refractivity contribution in [2.24, 2.45) is 4.99 Å². The highest BCUT2D eigenvalue weighted by atomic mass is 127. The molecule has 0 radical (unpaired) electrons. The predicted octanol–water partition coefficient (Wildman–Crippen LogP) is 3.63. The highest BCUT2D eigenvalue weighted by Gasteiger charge is 2.08. The number of rotatable bonds is 7. The van der Waals surface area contributed by atoms with E-state index in [0.29, 0.717) is 31.1 Å². The van der Waals surface area contributed by atoms with Gasteiger partial charge in [-0.1, -0.05) is 29.8 Å². The van der Waals surface area contributed by atoms with Crippen LogP contribution in [0.1, 0.15) is 18.3 Å². The van der Waals surface area contributed by atoms with Crippen LogP contribution in [0, 0.1) is 0 Å². The lowest BCUT2D eigenvalue weighted by Gasteiger charge is -2.10. The third kappa shape index (κ3) is 6.24. The lowest BCUT2D eigenvalue weighted by atomic mass is 10.2. The van der Waals surface area contributed by atoms with E-state index in [4.69, 9.17) is 16.0 Å². The minimum Gasteiger partial charge on any atom is -0.461 e. The maximum absolute atomic E-state index is 6.18. The highest BCUT2D eigenvalue weighted by Crippen LogP contribution is 2.16. The van der Waals surface area contributed by atoms with Gasteiger partial charge in [-0.05, 0) is 30.7 Å². The molecule has 3 rings (SSSR count). The third-order valence-electron chi connectivity index (χ3n) is 3.64. The minimum absolute atomic E-state index is 0. The average molecular weight is 501 g/mol. The standard InChI is InChI=1S/C18H21ClN6O.HI/c1-2-20-18(22-12-13-6-3-4-7-14(13)19)21-10-9-16-23-17(25-24-16)15-8-5-11-26-15;/h3-8,11H,2,9-10,12H2,1H3,(H2,20,21,22)(H,23,24,25);1H. The van der Waals surface area contributed by atoms with Gasteiger partial charge in [0.15, 0.2) is 11.7 Å². The van der Waals surface area contributed by atoms with E-state index in [0.717, 1.165) is 28.9 Å². The summed E-state index contributed by atoms with van der Waals surface area (Å²) in [6.07, 6.45) is 2.29. The summed E-state index contributed by atoms with van der Waals surface area (Å²) in [4.78, 5) is 8.99. The van der Waals surface area contributed by atoms with Gasteiger partial charge in [0.2, 0.25) is 5.82 Å². The van der Waals surface area contributed by atoms with Crippen LogP contribution in [0.3, 0.4) is 0 Å². The molecule has 0 aliphatic carbocycles. The van der Waals surface area contributed by atoms with Crippen molar-refractivity contribution in [1.82, 2.24) is 25.8 Å². The van der Waals surface area contributed by atoms with Gasteiger partial charge in [-0.15, -0.1) is 24.0 Å². The number of aromatic amines is 1. The summed E-state index contributed by atoms with van der Waals surface area (Å²) in [5, 5.41) is 14.3. The van der Waals surface area contributed by atoms with E-state index < -0.39 is 0 Å². The average Bonchev–Trinajstić information content (AvgIpc) is 3.32. The molecule has 144 valence electrons. The normalized spacial score (nSPS) is 11.1. The Morgan fingerprint density at radius 1 is 1.22 bits per heavy atom. The maximum atomic E-state index is 6.18. The fourth-order valence-electron chi connectivity index (χ4n) is 2.36. The van der Waals surface area contributed by atoms with Crippen LogP contribution in [-0.4, -0.2) is 34.2 Å². The van der Waals surface area contributed by atoms with Crippen molar-refractivity contribution in [3.63, 3.8) is 0 Å². The molecule has 0 spiro atoms. The smallest absolute Gasteiger partial charge is 0.216 e. The van der Waals surface area contributed by atoms with E-state index >= 15 is 0 Å². The van der Waals surface area contributed by atoms with Crippen LogP contribution in [0.15, 0.2) is 52.1 Å². The molecule has 3 aromatic rings. The van der Waals surface area contributed by atoms with Crippen LogP contribution < -0.4 is 10.6 Å². The largest absolute Gasteiger partial charge is 0.461 e. The molecule has 9 heteroatoms. The molecular formula is C18H22ClIN6O. The number of guanidine groups is 1. The zero-order chi connectivity index (χ0) is 18.2. The Bertz CT molecular complexity index is 849. The summed E-state index contributed by atoms with van der Waals surface area (Å²) in [7, 11) is 0. The number of furan rings is 1. The third-order valence-corrected chi connectivity index (χ3v) is 4.01. The zero-order valence-corrected chi connectivity index (χ0v) is 18.0. The zero-order valence-electron chi connectivity index (χ0n) is 14.9. The van der Waals surface area contributed by atoms with Crippen LogP contribution in [0.5, 0.6) is 0 Å². The molecule has 0 unspecified atom stereocenters. The van der Waals surface area contributed by atoms with E-state index in [-0.39, 0.29) is 24.0 Å². The van der Waals surface area contributed by atoms with E-state index in [2.05, 4.69) is 30.8 Å². The van der Waals surface area contributed by atoms with Crippen molar-refractivity contribution in [3.05, 3.63) is 59.1 Å². The molecule has 0 fully saturated rings. The number of aromatic nitrogens is 3. The molecule has 7 nitrogen and oxygen atoms in total. The van der Waals surface area contributed by atoms with E-state index in [1.54, 1.807) is 6.26 Å². The van der Waals surface area contributed by atoms with Crippen LogP contribution >= 0.6 is 35.6 Å². The first-order valence-corrected chi connectivity index (χ1v) is 8.85. The Morgan fingerprint density at radius 2 is 2.07 bits per heavy atom. The number of H-pyrrole nitrogens is 1. The van der Waals surface area contributed by atoms with Gasteiger partial charge >= 0.3 is 0 Å². The molecule has 27 heavy (non-hydrogen) atoms. The molecular weight excluding hydrogens is 479 g/mol. The van der Waals surface area contributed by atoms with Crippen LogP contribution in [0.4, 0.5) is 0 Å². The maximum Gasteiger partial charge on any atom is 0.216 e. The van der Waals surface area contributed by atoms with Crippen LogP contribution in [0.2, 0.25) is 5.02 Å². The first kappa shape index (κ1) is 21.2. The van der Waals surface area contributed by atoms with Gasteiger partial charge < -0.3 is 15.1 Å². The summed E-state index contributed by atoms with van der Waals surface area (Å²) in [6, 6.07) is 11.3. The van der Waals surface area contributed by atoms with Gasteiger partial charge in [0.1, 0.15) is 5.82 Å². The summed E-state index contributed by atoms with van der Waals surface area (Å²) >= 11 is 6.18. The number of hydrogen-bond donors (Lipinski definition) is 3. The van der Waals surface area contributed by atoms with Crippen molar-refractivity contribution >= 4 is 41.5 Å². The van der Waals surface area contributed by atoms with E-state index in [1.165, 1.54) is 0 Å². The molecule has 2 heterocycles. The molecule has 0 aliphatic rings. The number of hydrogen-bond acceptors (Lipinski definition) is 4. The Hall–Kier alpha value is -2.07. The summed E-state index contributed by atoms with van der Waals surface area (Å²) < 4.78 is 5.29. The molecule has 0 saturated carbocycles. The van der Waals surface area contributed by atoms with E-state index in [1.807, 2.05) is 43.3 Å². The summed E-state index contributed by atoms with van der Waals surface area (Å²) in [5.74, 6) is 2.73. The topological polar surface area (TPSA) is 91.1 Å². The molecule has 0 amide bonds. The second-order valence-corrected chi connectivity index (χ2v) is 5.95.